The third kappa shape index (κ3) is 2.74. The summed E-state index contributed by atoms with van der Waals surface area (Å²) >= 11 is 0. The van der Waals surface area contributed by atoms with Crippen molar-refractivity contribution in [3.63, 3.8) is 0 Å². The summed E-state index contributed by atoms with van der Waals surface area (Å²) < 4.78 is 4.97. The highest BCUT2D eigenvalue weighted by atomic mass is 16.4. The van der Waals surface area contributed by atoms with Crippen LogP contribution in [0.15, 0.2) is 27.4 Å². The van der Waals surface area contributed by atoms with Gasteiger partial charge in [-0.1, -0.05) is 6.07 Å². The largest absolute Gasteiger partial charge is 0.417 e. The predicted octanol–water partition coefficient (Wildman–Crippen LogP) is 1.17. The maximum absolute atomic E-state index is 11.0. The molecule has 0 spiro atoms. The fraction of sp³-hybridized carbons (Fsp3) is 0.333. The van der Waals surface area contributed by atoms with Crippen LogP contribution in [0.3, 0.4) is 0 Å². The lowest BCUT2D eigenvalue weighted by Gasteiger charge is -2.05. The van der Waals surface area contributed by atoms with Crippen LogP contribution in [-0.4, -0.2) is 17.6 Å². The van der Waals surface area contributed by atoms with Crippen LogP contribution < -0.4 is 11.1 Å². The minimum absolute atomic E-state index is 0.149. The number of hydrogen-bond donors (Lipinski definition) is 2. The Morgan fingerprint density at radius 3 is 3.18 bits per heavy atom. The zero-order chi connectivity index (χ0) is 12.3. The molecular weight excluding hydrogens is 218 g/mol. The number of nitrogens with one attached hydrogen (secondary N) is 2. The fourth-order valence-electron chi connectivity index (χ4n) is 1.62. The van der Waals surface area contributed by atoms with Gasteiger partial charge in [-0.3, -0.25) is 4.98 Å². The lowest BCUT2D eigenvalue weighted by atomic mass is 10.1. The molecule has 2 aromatic rings. The van der Waals surface area contributed by atoms with Crippen LogP contribution in [0.4, 0.5) is 0 Å². The summed E-state index contributed by atoms with van der Waals surface area (Å²) in [5.74, 6) is -0.437. The molecule has 0 saturated heterocycles. The Balaban J connectivity index is 2.04. The van der Waals surface area contributed by atoms with Gasteiger partial charge in [0.15, 0.2) is 5.58 Å². The number of hydrogen-bond acceptors (Lipinski definition) is 4. The van der Waals surface area contributed by atoms with Crippen LogP contribution in [0.5, 0.6) is 0 Å². The van der Waals surface area contributed by atoms with Gasteiger partial charge in [0.25, 0.3) is 0 Å². The van der Waals surface area contributed by atoms with Gasteiger partial charge in [-0.25, -0.2) is 4.79 Å². The summed E-state index contributed by atoms with van der Waals surface area (Å²) in [6, 6.07) is 7.56. The first-order chi connectivity index (χ1) is 8.19. The van der Waals surface area contributed by atoms with Gasteiger partial charge in [0.2, 0.25) is 0 Å². The van der Waals surface area contributed by atoms with Crippen LogP contribution in [0.1, 0.15) is 12.5 Å². The zero-order valence-corrected chi connectivity index (χ0v) is 9.49. The summed E-state index contributed by atoms with van der Waals surface area (Å²) in [6.07, 6.45) is 0.789. The molecule has 1 heterocycles. The van der Waals surface area contributed by atoms with Crippen molar-refractivity contribution in [3.8, 4) is 6.07 Å². The van der Waals surface area contributed by atoms with Crippen molar-refractivity contribution >= 4 is 11.1 Å². The fourth-order valence-corrected chi connectivity index (χ4v) is 1.62. The second-order valence-electron chi connectivity index (χ2n) is 3.90. The highest BCUT2D eigenvalue weighted by Gasteiger charge is 2.03. The number of H-pyrrole nitrogens is 1. The molecule has 0 radical (unpaired) electrons. The molecule has 0 aliphatic carbocycles. The molecule has 0 bridgehead atoms. The Bertz CT molecular complexity index is 606. The average Bonchev–Trinajstić information content (AvgIpc) is 2.68. The molecule has 88 valence electrons. The zero-order valence-electron chi connectivity index (χ0n) is 9.49. The standard InChI is InChI=1S/C12H13N3O2/c1-8(7-13)14-5-4-9-2-3-10-11(6-9)17-12(16)15-10/h2-3,6,8,14H,4-5H2,1H3,(H,15,16). The molecule has 0 saturated carbocycles. The smallest absolute Gasteiger partial charge is 0.408 e. The van der Waals surface area contributed by atoms with Crippen LogP contribution in [0.2, 0.25) is 0 Å². The second-order valence-corrected chi connectivity index (χ2v) is 3.90. The van der Waals surface area contributed by atoms with E-state index in [2.05, 4.69) is 16.4 Å². The molecule has 0 aliphatic heterocycles. The van der Waals surface area contributed by atoms with Crippen molar-refractivity contribution in [2.75, 3.05) is 6.54 Å². The van der Waals surface area contributed by atoms with Gasteiger partial charge in [-0.05, 0) is 31.0 Å². The minimum atomic E-state index is -0.437. The van der Waals surface area contributed by atoms with Gasteiger partial charge in [0.05, 0.1) is 17.6 Å². The third-order valence-corrected chi connectivity index (χ3v) is 2.54. The Kier molecular flexibility index (Phi) is 3.26. The molecule has 5 nitrogen and oxygen atoms in total. The number of benzene rings is 1. The molecule has 1 unspecified atom stereocenters. The molecule has 1 aromatic heterocycles. The number of aromatic nitrogens is 1. The third-order valence-electron chi connectivity index (χ3n) is 2.54. The number of rotatable bonds is 4. The number of aromatic amines is 1. The maximum Gasteiger partial charge on any atom is 0.417 e. The maximum atomic E-state index is 11.0. The molecule has 17 heavy (non-hydrogen) atoms. The van der Waals surface area contributed by atoms with Gasteiger partial charge in [0.1, 0.15) is 0 Å². The quantitative estimate of drug-likeness (QED) is 0.827. The summed E-state index contributed by atoms with van der Waals surface area (Å²) in [4.78, 5) is 13.6. The van der Waals surface area contributed by atoms with Gasteiger partial charge < -0.3 is 9.73 Å². The second kappa shape index (κ2) is 4.85. The molecule has 0 amide bonds. The molecule has 5 heteroatoms. The SMILES string of the molecule is CC(C#N)NCCc1ccc2[nH]c(=O)oc2c1. The van der Waals surface area contributed by atoms with Crippen molar-refractivity contribution in [3.05, 3.63) is 34.3 Å². The topological polar surface area (TPSA) is 81.8 Å². The van der Waals surface area contributed by atoms with E-state index in [1.54, 1.807) is 0 Å². The van der Waals surface area contributed by atoms with Crippen molar-refractivity contribution in [2.45, 2.75) is 19.4 Å². The van der Waals surface area contributed by atoms with Gasteiger partial charge >= 0.3 is 5.76 Å². The van der Waals surface area contributed by atoms with E-state index < -0.39 is 5.76 Å². The van der Waals surface area contributed by atoms with Gasteiger partial charge in [-0.15, -0.1) is 0 Å². The van der Waals surface area contributed by atoms with E-state index in [4.69, 9.17) is 9.68 Å². The first-order valence-electron chi connectivity index (χ1n) is 5.44. The van der Waals surface area contributed by atoms with Gasteiger partial charge in [0, 0.05) is 6.54 Å². The van der Waals surface area contributed by atoms with Crippen LogP contribution in [-0.2, 0) is 6.42 Å². The monoisotopic (exact) mass is 231 g/mol. The summed E-state index contributed by atoms with van der Waals surface area (Å²) in [7, 11) is 0. The summed E-state index contributed by atoms with van der Waals surface area (Å²) in [5, 5.41) is 11.7. The number of fused-ring (bicyclic) bond motifs is 1. The Morgan fingerprint density at radius 1 is 1.59 bits per heavy atom. The van der Waals surface area contributed by atoms with E-state index in [9.17, 15) is 4.79 Å². The van der Waals surface area contributed by atoms with Crippen molar-refractivity contribution in [1.82, 2.24) is 10.3 Å². The first kappa shape index (κ1) is 11.4. The normalized spacial score (nSPS) is 12.5. The first-order valence-corrected chi connectivity index (χ1v) is 5.44. The number of nitrogens with zero attached hydrogens (tertiary/aromatic N) is 1. The molecule has 1 aromatic carbocycles. The lowest BCUT2D eigenvalue weighted by Crippen LogP contribution is -2.26. The molecule has 0 fully saturated rings. The Hall–Kier alpha value is -2.06. The highest BCUT2D eigenvalue weighted by Crippen LogP contribution is 2.12. The Labute approximate surface area is 98.1 Å². The van der Waals surface area contributed by atoms with Crippen molar-refractivity contribution in [2.24, 2.45) is 0 Å². The number of nitriles is 1. The van der Waals surface area contributed by atoms with Crippen molar-refractivity contribution < 1.29 is 4.42 Å². The molecule has 2 rings (SSSR count). The lowest BCUT2D eigenvalue weighted by molar-refractivity contribution is 0.555. The van der Waals surface area contributed by atoms with E-state index in [1.165, 1.54) is 0 Å². The molecule has 1 atom stereocenters. The van der Waals surface area contributed by atoms with Crippen LogP contribution in [0.25, 0.3) is 11.1 Å². The number of oxazole rings is 1. The summed E-state index contributed by atoms with van der Waals surface area (Å²) in [5.41, 5.74) is 2.34. The van der Waals surface area contributed by atoms with Crippen molar-refractivity contribution in [1.29, 1.82) is 5.26 Å². The van der Waals surface area contributed by atoms with Crippen LogP contribution in [0, 0.1) is 11.3 Å². The molecule has 2 N–H and O–H groups in total. The molecular formula is C12H13N3O2. The average molecular weight is 231 g/mol. The Morgan fingerprint density at radius 2 is 2.41 bits per heavy atom. The molecule has 0 aliphatic rings. The van der Waals surface area contributed by atoms with Crippen LogP contribution >= 0.6 is 0 Å². The van der Waals surface area contributed by atoms with E-state index in [-0.39, 0.29) is 6.04 Å². The minimum Gasteiger partial charge on any atom is -0.408 e. The van der Waals surface area contributed by atoms with E-state index in [0.717, 1.165) is 18.5 Å². The highest BCUT2D eigenvalue weighted by molar-refractivity contribution is 5.72. The van der Waals surface area contributed by atoms with Gasteiger partial charge in [-0.2, -0.15) is 5.26 Å². The predicted molar refractivity (Wildman–Crippen MR) is 63.6 cm³/mol. The summed E-state index contributed by atoms with van der Waals surface area (Å²) in [6.45, 7) is 2.53. The van der Waals surface area contributed by atoms with E-state index in [0.29, 0.717) is 11.1 Å². The van der Waals surface area contributed by atoms with E-state index in [1.807, 2.05) is 25.1 Å². The van der Waals surface area contributed by atoms with E-state index >= 15 is 0 Å².